The van der Waals surface area contributed by atoms with Crippen LogP contribution in [-0.4, -0.2) is 63.7 Å². The lowest BCUT2D eigenvalue weighted by Crippen LogP contribution is -2.42. The maximum absolute atomic E-state index is 13.3. The lowest BCUT2D eigenvalue weighted by Gasteiger charge is -2.27. The van der Waals surface area contributed by atoms with E-state index in [4.69, 9.17) is 0 Å². The van der Waals surface area contributed by atoms with Gasteiger partial charge in [0.05, 0.1) is 9.79 Å². The maximum atomic E-state index is 13.3. The largest absolute Gasteiger partial charge is 0.315 e. The lowest BCUT2D eigenvalue weighted by atomic mass is 10.1. The van der Waals surface area contributed by atoms with Crippen LogP contribution in [-0.2, 0) is 20.0 Å². The third kappa shape index (κ3) is 3.09. The van der Waals surface area contributed by atoms with Crippen molar-refractivity contribution in [3.63, 3.8) is 0 Å². The molecule has 4 rings (SSSR count). The summed E-state index contributed by atoms with van der Waals surface area (Å²) in [5, 5.41) is 3.30. The highest BCUT2D eigenvalue weighted by Gasteiger charge is 2.43. The fourth-order valence-corrected chi connectivity index (χ4v) is 7.91. The Morgan fingerprint density at radius 3 is 2.27 bits per heavy atom. The van der Waals surface area contributed by atoms with Crippen LogP contribution in [0.5, 0.6) is 0 Å². The maximum Gasteiger partial charge on any atom is 0.243 e. The third-order valence-corrected chi connectivity index (χ3v) is 9.57. The van der Waals surface area contributed by atoms with Gasteiger partial charge < -0.3 is 5.32 Å². The van der Waals surface area contributed by atoms with Crippen molar-refractivity contribution in [2.75, 3.05) is 26.2 Å². The van der Waals surface area contributed by atoms with Gasteiger partial charge in [0.2, 0.25) is 20.0 Å². The van der Waals surface area contributed by atoms with E-state index < -0.39 is 20.0 Å². The minimum Gasteiger partial charge on any atom is -0.315 e. The highest BCUT2D eigenvalue weighted by molar-refractivity contribution is 7.90. The molecule has 3 heterocycles. The topological polar surface area (TPSA) is 86.8 Å². The Balaban J connectivity index is 1.70. The molecule has 9 heteroatoms. The molecule has 0 amide bonds. The van der Waals surface area contributed by atoms with Crippen molar-refractivity contribution in [2.24, 2.45) is 0 Å². The molecule has 0 aliphatic carbocycles. The van der Waals surface area contributed by atoms with Crippen molar-refractivity contribution in [2.45, 2.75) is 54.0 Å². The molecular formula is C17H25N3O4S2. The van der Waals surface area contributed by atoms with Crippen LogP contribution in [0.15, 0.2) is 34.1 Å². The number of hydrogen-bond donors (Lipinski definition) is 1. The monoisotopic (exact) mass is 399 g/mol. The van der Waals surface area contributed by atoms with Crippen LogP contribution in [0.25, 0.3) is 0 Å². The van der Waals surface area contributed by atoms with E-state index in [9.17, 15) is 16.8 Å². The number of nitrogens with zero attached hydrogens (tertiary/aromatic N) is 2. The Labute approximate surface area is 155 Å². The summed E-state index contributed by atoms with van der Waals surface area (Å²) in [4.78, 5) is 0.150. The first-order chi connectivity index (χ1) is 12.4. The number of nitrogens with one attached hydrogen (secondary N) is 1. The fraction of sp³-hybridized carbons (Fsp3) is 0.647. The predicted molar refractivity (Wildman–Crippen MR) is 97.8 cm³/mol. The number of hydrogen-bond acceptors (Lipinski definition) is 5. The molecule has 7 nitrogen and oxygen atoms in total. The molecule has 1 N–H and O–H groups in total. The third-order valence-electron chi connectivity index (χ3n) is 5.67. The van der Waals surface area contributed by atoms with Crippen molar-refractivity contribution in [3.8, 4) is 0 Å². The molecule has 3 aliphatic heterocycles. The van der Waals surface area contributed by atoms with Gasteiger partial charge >= 0.3 is 0 Å². The second kappa shape index (κ2) is 6.87. The van der Waals surface area contributed by atoms with Gasteiger partial charge in [-0.2, -0.15) is 8.61 Å². The van der Waals surface area contributed by atoms with Gasteiger partial charge in [0.1, 0.15) is 0 Å². The van der Waals surface area contributed by atoms with Gasteiger partial charge in [0, 0.05) is 31.7 Å². The molecule has 1 aromatic carbocycles. The molecular weight excluding hydrogens is 374 g/mol. The van der Waals surface area contributed by atoms with Gasteiger partial charge in [-0.25, -0.2) is 16.8 Å². The predicted octanol–water partition coefficient (Wildman–Crippen LogP) is 0.986. The summed E-state index contributed by atoms with van der Waals surface area (Å²) in [6, 6.07) is 5.82. The Morgan fingerprint density at radius 1 is 0.885 bits per heavy atom. The van der Waals surface area contributed by atoms with Crippen LogP contribution in [0.4, 0.5) is 0 Å². The molecule has 2 bridgehead atoms. The molecule has 144 valence electrons. The zero-order chi connectivity index (χ0) is 18.4. The first-order valence-electron chi connectivity index (χ1n) is 9.25. The van der Waals surface area contributed by atoms with Gasteiger partial charge in [0.15, 0.2) is 0 Å². The molecule has 0 saturated carbocycles. The second-order valence-corrected chi connectivity index (χ2v) is 11.1. The van der Waals surface area contributed by atoms with E-state index in [0.717, 1.165) is 38.6 Å². The van der Waals surface area contributed by atoms with Crippen LogP contribution in [0.1, 0.15) is 32.1 Å². The highest BCUT2D eigenvalue weighted by atomic mass is 32.2. The minimum absolute atomic E-state index is 0.00107. The molecule has 2 unspecified atom stereocenters. The van der Waals surface area contributed by atoms with Crippen LogP contribution >= 0.6 is 0 Å². The fourth-order valence-electron chi connectivity index (χ4n) is 4.33. The van der Waals surface area contributed by atoms with Crippen LogP contribution in [0.2, 0.25) is 0 Å². The number of rotatable bonds is 4. The molecule has 26 heavy (non-hydrogen) atoms. The smallest absolute Gasteiger partial charge is 0.243 e. The van der Waals surface area contributed by atoms with E-state index in [-0.39, 0.29) is 21.9 Å². The number of benzene rings is 1. The molecule has 3 aliphatic rings. The SMILES string of the molecule is O=S(=O)(c1cccc(S(=O)(=O)N2C3CCNCC2CC3)c1)N1CCCC1. The summed E-state index contributed by atoms with van der Waals surface area (Å²) in [7, 11) is -7.35. The van der Waals surface area contributed by atoms with E-state index in [2.05, 4.69) is 5.32 Å². The molecule has 0 radical (unpaired) electrons. The van der Waals surface area contributed by atoms with Gasteiger partial charge in [-0.3, -0.25) is 0 Å². The Bertz CT molecular complexity index is 865. The van der Waals surface area contributed by atoms with Crippen molar-refractivity contribution >= 4 is 20.0 Å². The number of fused-ring (bicyclic) bond motifs is 2. The standard InChI is InChI=1S/C17H25N3O4S2/c21-25(22,19-10-1-2-11-19)16-4-3-5-17(12-16)26(23,24)20-14-6-7-15(20)13-18-9-8-14/h3-5,12,14-15,18H,1-2,6-11,13H2. The number of sulfonamides is 2. The summed E-state index contributed by atoms with van der Waals surface area (Å²) in [5.41, 5.74) is 0. The zero-order valence-corrected chi connectivity index (χ0v) is 16.3. The lowest BCUT2D eigenvalue weighted by molar-refractivity contribution is 0.334. The van der Waals surface area contributed by atoms with Crippen molar-refractivity contribution < 1.29 is 16.8 Å². The molecule has 0 spiro atoms. The molecule has 3 saturated heterocycles. The van der Waals surface area contributed by atoms with Crippen LogP contribution in [0, 0.1) is 0 Å². The first-order valence-corrected chi connectivity index (χ1v) is 12.1. The average molecular weight is 400 g/mol. The van der Waals surface area contributed by atoms with Crippen molar-refractivity contribution in [1.82, 2.24) is 13.9 Å². The van der Waals surface area contributed by atoms with E-state index in [0.29, 0.717) is 19.6 Å². The Hall–Kier alpha value is -1.00. The molecule has 2 atom stereocenters. The first kappa shape index (κ1) is 18.4. The van der Waals surface area contributed by atoms with E-state index in [1.165, 1.54) is 28.6 Å². The second-order valence-electron chi connectivity index (χ2n) is 7.30. The van der Waals surface area contributed by atoms with Gasteiger partial charge in [-0.05, 0) is 56.8 Å². The van der Waals surface area contributed by atoms with Crippen LogP contribution < -0.4 is 5.32 Å². The average Bonchev–Trinajstić information content (AvgIpc) is 3.23. The zero-order valence-electron chi connectivity index (χ0n) is 14.7. The summed E-state index contributed by atoms with van der Waals surface area (Å²) in [6.07, 6.45) is 4.21. The summed E-state index contributed by atoms with van der Waals surface area (Å²) in [5.74, 6) is 0. The van der Waals surface area contributed by atoms with E-state index in [1.807, 2.05) is 0 Å². The quantitative estimate of drug-likeness (QED) is 0.816. The van der Waals surface area contributed by atoms with Crippen LogP contribution in [0.3, 0.4) is 0 Å². The Kier molecular flexibility index (Phi) is 4.85. The molecule has 3 fully saturated rings. The van der Waals surface area contributed by atoms with Crippen molar-refractivity contribution in [3.05, 3.63) is 24.3 Å². The normalized spacial score (nSPS) is 28.3. The van der Waals surface area contributed by atoms with Gasteiger partial charge in [-0.15, -0.1) is 0 Å². The van der Waals surface area contributed by atoms with Gasteiger partial charge in [-0.1, -0.05) is 6.07 Å². The Morgan fingerprint density at radius 2 is 1.54 bits per heavy atom. The minimum atomic E-state index is -3.72. The highest BCUT2D eigenvalue weighted by Crippen LogP contribution is 2.34. The molecule has 0 aromatic heterocycles. The van der Waals surface area contributed by atoms with E-state index in [1.54, 1.807) is 4.31 Å². The van der Waals surface area contributed by atoms with Gasteiger partial charge in [0.25, 0.3) is 0 Å². The summed E-state index contributed by atoms with van der Waals surface area (Å²) in [6.45, 7) is 2.47. The van der Waals surface area contributed by atoms with Crippen molar-refractivity contribution in [1.29, 1.82) is 0 Å². The molecule has 1 aromatic rings. The van der Waals surface area contributed by atoms with E-state index >= 15 is 0 Å². The summed E-state index contributed by atoms with van der Waals surface area (Å²) < 4.78 is 55.2. The summed E-state index contributed by atoms with van der Waals surface area (Å²) >= 11 is 0.